The second kappa shape index (κ2) is 8.71. The zero-order chi connectivity index (χ0) is 17.5. The molecule has 3 amide bonds. The average molecular weight is 331 g/mol. The van der Waals surface area contributed by atoms with Crippen molar-refractivity contribution < 1.29 is 9.59 Å². The van der Waals surface area contributed by atoms with Crippen molar-refractivity contribution in [2.75, 3.05) is 33.7 Å². The molecule has 2 rings (SSSR count). The van der Waals surface area contributed by atoms with Crippen molar-refractivity contribution in [2.45, 2.75) is 32.1 Å². The first-order valence-electron chi connectivity index (χ1n) is 8.81. The number of urea groups is 1. The quantitative estimate of drug-likeness (QED) is 0.902. The number of carbonyl (C=O) groups excluding carboxylic acids is 2. The highest BCUT2D eigenvalue weighted by Gasteiger charge is 2.25. The van der Waals surface area contributed by atoms with Crippen LogP contribution in [0.5, 0.6) is 0 Å². The van der Waals surface area contributed by atoms with E-state index in [1.807, 2.05) is 42.2 Å². The van der Waals surface area contributed by atoms with E-state index < -0.39 is 0 Å². The van der Waals surface area contributed by atoms with Gasteiger partial charge >= 0.3 is 6.03 Å². The Morgan fingerprint density at radius 1 is 1.21 bits per heavy atom. The predicted molar refractivity (Wildman–Crippen MR) is 95.9 cm³/mol. The number of rotatable bonds is 5. The van der Waals surface area contributed by atoms with E-state index in [4.69, 9.17) is 0 Å². The van der Waals surface area contributed by atoms with Gasteiger partial charge in [-0.05, 0) is 30.7 Å². The van der Waals surface area contributed by atoms with E-state index in [0.717, 1.165) is 37.9 Å². The molecule has 0 aliphatic carbocycles. The van der Waals surface area contributed by atoms with Crippen LogP contribution in [0.1, 0.15) is 37.7 Å². The minimum absolute atomic E-state index is 0.0765. The first kappa shape index (κ1) is 18.3. The Hall–Kier alpha value is -2.04. The van der Waals surface area contributed by atoms with Crippen molar-refractivity contribution in [3.05, 3.63) is 35.9 Å². The molecule has 1 aromatic carbocycles. The summed E-state index contributed by atoms with van der Waals surface area (Å²) in [7, 11) is 3.56. The highest BCUT2D eigenvalue weighted by atomic mass is 16.2. The number of carbonyl (C=O) groups is 2. The fraction of sp³-hybridized carbons (Fsp3) is 0.579. The van der Waals surface area contributed by atoms with Gasteiger partial charge in [-0.25, -0.2) is 4.79 Å². The zero-order valence-electron chi connectivity index (χ0n) is 15.0. The molecule has 0 spiro atoms. The van der Waals surface area contributed by atoms with Crippen LogP contribution in [-0.2, 0) is 4.79 Å². The van der Waals surface area contributed by atoms with Crippen LogP contribution in [0.15, 0.2) is 30.3 Å². The minimum Gasteiger partial charge on any atom is -0.355 e. The molecule has 0 bridgehead atoms. The lowest BCUT2D eigenvalue weighted by Crippen LogP contribution is -2.45. The van der Waals surface area contributed by atoms with Crippen molar-refractivity contribution in [1.29, 1.82) is 0 Å². The van der Waals surface area contributed by atoms with Crippen molar-refractivity contribution in [3.63, 3.8) is 0 Å². The maximum Gasteiger partial charge on any atom is 0.319 e. The lowest BCUT2D eigenvalue weighted by molar-refractivity contribution is -0.122. The Kier molecular flexibility index (Phi) is 6.64. The number of amides is 3. The fourth-order valence-corrected chi connectivity index (χ4v) is 3.24. The molecule has 1 fully saturated rings. The van der Waals surface area contributed by atoms with Gasteiger partial charge in [0, 0.05) is 33.7 Å². The normalized spacial score (nSPS) is 16.5. The fourth-order valence-electron chi connectivity index (χ4n) is 3.24. The van der Waals surface area contributed by atoms with Crippen LogP contribution in [0, 0.1) is 5.92 Å². The van der Waals surface area contributed by atoms with Gasteiger partial charge in [-0.2, -0.15) is 0 Å². The molecule has 5 heteroatoms. The maximum absolute atomic E-state index is 12.5. The predicted octanol–water partition coefficient (Wildman–Crippen LogP) is 2.69. The third-order valence-electron chi connectivity index (χ3n) is 4.76. The number of nitrogens with one attached hydrogen (secondary N) is 1. The first-order chi connectivity index (χ1) is 11.5. The van der Waals surface area contributed by atoms with Crippen molar-refractivity contribution in [3.8, 4) is 0 Å². The van der Waals surface area contributed by atoms with E-state index in [1.54, 1.807) is 19.0 Å². The molecule has 1 atom stereocenters. The number of nitrogens with zero attached hydrogens (tertiary/aromatic N) is 2. The van der Waals surface area contributed by atoms with Gasteiger partial charge in [0.25, 0.3) is 0 Å². The van der Waals surface area contributed by atoms with E-state index in [9.17, 15) is 9.59 Å². The number of hydrogen-bond donors (Lipinski definition) is 1. The summed E-state index contributed by atoms with van der Waals surface area (Å²) in [4.78, 5) is 27.9. The zero-order valence-corrected chi connectivity index (χ0v) is 15.0. The maximum atomic E-state index is 12.5. The van der Waals surface area contributed by atoms with Gasteiger partial charge in [0.05, 0.1) is 5.92 Å². The molecule has 0 saturated carbocycles. The lowest BCUT2D eigenvalue weighted by Gasteiger charge is -2.33. The van der Waals surface area contributed by atoms with Gasteiger partial charge in [0.2, 0.25) is 5.91 Å². The molecule has 1 aliphatic rings. The van der Waals surface area contributed by atoms with Crippen LogP contribution < -0.4 is 5.32 Å². The number of likely N-dealkylation sites (tertiary alicyclic amines) is 1. The Morgan fingerprint density at radius 2 is 1.83 bits per heavy atom. The monoisotopic (exact) mass is 331 g/mol. The Balaban J connectivity index is 1.79. The SMILES string of the molecule is CC[C@@H](C(=O)NCC1CCN(C(=O)N(C)C)CC1)c1ccccc1. The van der Waals surface area contributed by atoms with Crippen LogP contribution in [0.25, 0.3) is 0 Å². The minimum atomic E-state index is -0.0818. The van der Waals surface area contributed by atoms with E-state index in [-0.39, 0.29) is 17.9 Å². The van der Waals surface area contributed by atoms with Crippen LogP contribution >= 0.6 is 0 Å². The molecule has 1 aliphatic heterocycles. The van der Waals surface area contributed by atoms with Gasteiger partial charge in [-0.15, -0.1) is 0 Å². The summed E-state index contributed by atoms with van der Waals surface area (Å²) in [6, 6.07) is 10.0. The average Bonchev–Trinajstić information content (AvgIpc) is 2.61. The molecule has 24 heavy (non-hydrogen) atoms. The summed E-state index contributed by atoms with van der Waals surface area (Å²) in [5.74, 6) is 0.477. The molecular weight excluding hydrogens is 302 g/mol. The van der Waals surface area contributed by atoms with Crippen molar-refractivity contribution >= 4 is 11.9 Å². The highest BCUT2D eigenvalue weighted by molar-refractivity contribution is 5.83. The molecule has 1 N–H and O–H groups in total. The molecule has 1 aromatic rings. The Bertz CT molecular complexity index is 537. The van der Waals surface area contributed by atoms with Crippen LogP contribution in [0.3, 0.4) is 0 Å². The lowest BCUT2D eigenvalue weighted by atomic mass is 9.94. The number of hydrogen-bond acceptors (Lipinski definition) is 2. The standard InChI is InChI=1S/C19H29N3O2/c1-4-17(16-8-6-5-7-9-16)18(23)20-14-15-10-12-22(13-11-15)19(24)21(2)3/h5-9,15,17H,4,10-14H2,1-3H3,(H,20,23)/t17-/m1/s1. The molecule has 5 nitrogen and oxygen atoms in total. The molecule has 0 unspecified atom stereocenters. The third kappa shape index (κ3) is 4.73. The molecule has 0 aromatic heterocycles. The topological polar surface area (TPSA) is 52.7 Å². The Morgan fingerprint density at radius 3 is 2.38 bits per heavy atom. The van der Waals surface area contributed by atoms with Gasteiger partial charge in [0.1, 0.15) is 0 Å². The summed E-state index contributed by atoms with van der Waals surface area (Å²) in [5.41, 5.74) is 1.07. The van der Waals surface area contributed by atoms with Crippen LogP contribution in [0.2, 0.25) is 0 Å². The summed E-state index contributed by atoms with van der Waals surface area (Å²) >= 11 is 0. The summed E-state index contributed by atoms with van der Waals surface area (Å²) in [6.07, 6.45) is 2.69. The molecule has 0 radical (unpaired) electrons. The number of piperidine rings is 1. The number of benzene rings is 1. The highest BCUT2D eigenvalue weighted by Crippen LogP contribution is 2.21. The molecule has 1 saturated heterocycles. The van der Waals surface area contributed by atoms with Crippen molar-refractivity contribution in [2.24, 2.45) is 5.92 Å². The van der Waals surface area contributed by atoms with E-state index in [0.29, 0.717) is 12.5 Å². The van der Waals surface area contributed by atoms with E-state index >= 15 is 0 Å². The van der Waals surface area contributed by atoms with Gasteiger partial charge in [0.15, 0.2) is 0 Å². The van der Waals surface area contributed by atoms with Gasteiger partial charge in [-0.3, -0.25) is 4.79 Å². The second-order valence-corrected chi connectivity index (χ2v) is 6.72. The van der Waals surface area contributed by atoms with E-state index in [2.05, 4.69) is 5.32 Å². The Labute approximate surface area is 145 Å². The third-order valence-corrected chi connectivity index (χ3v) is 4.76. The summed E-state index contributed by atoms with van der Waals surface area (Å²) < 4.78 is 0. The molecule has 132 valence electrons. The first-order valence-corrected chi connectivity index (χ1v) is 8.81. The second-order valence-electron chi connectivity index (χ2n) is 6.72. The van der Waals surface area contributed by atoms with E-state index in [1.165, 1.54) is 0 Å². The smallest absolute Gasteiger partial charge is 0.319 e. The van der Waals surface area contributed by atoms with Crippen LogP contribution in [-0.4, -0.2) is 55.5 Å². The van der Waals surface area contributed by atoms with Gasteiger partial charge < -0.3 is 15.1 Å². The largest absolute Gasteiger partial charge is 0.355 e. The summed E-state index contributed by atoms with van der Waals surface area (Å²) in [5, 5.41) is 3.12. The van der Waals surface area contributed by atoms with Crippen LogP contribution in [0.4, 0.5) is 4.79 Å². The summed E-state index contributed by atoms with van der Waals surface area (Å²) in [6.45, 7) is 4.29. The molecule has 1 heterocycles. The van der Waals surface area contributed by atoms with Crippen molar-refractivity contribution in [1.82, 2.24) is 15.1 Å². The van der Waals surface area contributed by atoms with Gasteiger partial charge in [-0.1, -0.05) is 37.3 Å². The molecular formula is C19H29N3O2.